The van der Waals surface area contributed by atoms with E-state index in [9.17, 15) is 0 Å². The highest BCUT2D eigenvalue weighted by Gasteiger charge is 2.11. The van der Waals surface area contributed by atoms with Crippen molar-refractivity contribution < 1.29 is 5.11 Å². The van der Waals surface area contributed by atoms with E-state index in [4.69, 9.17) is 10.4 Å². The van der Waals surface area contributed by atoms with E-state index in [1.165, 1.54) is 0 Å². The van der Waals surface area contributed by atoms with Gasteiger partial charge in [-0.2, -0.15) is 5.26 Å². The molecule has 5 heteroatoms. The maximum Gasteiger partial charge on any atom is 0.185 e. The SMILES string of the molecule is CCN(CCC#N)c1nc(CO)c(C)s1. The number of thiazole rings is 1. The van der Waals surface area contributed by atoms with Crippen LogP contribution in [0.3, 0.4) is 0 Å². The van der Waals surface area contributed by atoms with Gasteiger partial charge in [-0.3, -0.25) is 0 Å². The summed E-state index contributed by atoms with van der Waals surface area (Å²) in [5.41, 5.74) is 0.741. The van der Waals surface area contributed by atoms with Gasteiger partial charge in [-0.05, 0) is 13.8 Å². The fourth-order valence-corrected chi connectivity index (χ4v) is 2.28. The fraction of sp³-hybridized carbons (Fsp3) is 0.600. The van der Waals surface area contributed by atoms with Crippen molar-refractivity contribution in [2.24, 2.45) is 0 Å². The van der Waals surface area contributed by atoms with Crippen molar-refractivity contribution in [3.05, 3.63) is 10.6 Å². The van der Waals surface area contributed by atoms with Crippen molar-refractivity contribution in [2.75, 3.05) is 18.0 Å². The molecule has 0 aromatic carbocycles. The van der Waals surface area contributed by atoms with Crippen molar-refractivity contribution in [1.82, 2.24) is 4.98 Å². The number of aryl methyl sites for hydroxylation is 1. The average Bonchev–Trinajstić information content (AvgIpc) is 2.61. The number of hydrogen-bond acceptors (Lipinski definition) is 5. The molecule has 1 aromatic rings. The second-order valence-electron chi connectivity index (χ2n) is 3.15. The standard InChI is InChI=1S/C10H15N3OS/c1-3-13(6-4-5-11)10-12-9(7-14)8(2)15-10/h14H,3-4,6-7H2,1-2H3. The number of hydrogen-bond donors (Lipinski definition) is 1. The predicted octanol–water partition coefficient (Wildman–Crippen LogP) is 1.68. The first-order valence-electron chi connectivity index (χ1n) is 4.92. The van der Waals surface area contributed by atoms with Crippen LogP contribution < -0.4 is 4.90 Å². The van der Waals surface area contributed by atoms with Crippen LogP contribution >= 0.6 is 11.3 Å². The topological polar surface area (TPSA) is 60.2 Å². The third-order valence-corrected chi connectivity index (χ3v) is 3.25. The van der Waals surface area contributed by atoms with Gasteiger partial charge in [0.2, 0.25) is 0 Å². The van der Waals surface area contributed by atoms with Crippen molar-refractivity contribution in [3.8, 4) is 6.07 Å². The van der Waals surface area contributed by atoms with Gasteiger partial charge in [0.25, 0.3) is 0 Å². The van der Waals surface area contributed by atoms with Crippen LogP contribution in [-0.4, -0.2) is 23.2 Å². The third kappa shape index (κ3) is 2.91. The van der Waals surface area contributed by atoms with Crippen LogP contribution in [0.5, 0.6) is 0 Å². The van der Waals surface area contributed by atoms with Gasteiger partial charge in [0.15, 0.2) is 5.13 Å². The smallest absolute Gasteiger partial charge is 0.185 e. The lowest BCUT2D eigenvalue weighted by Crippen LogP contribution is -2.23. The Morgan fingerprint density at radius 2 is 2.33 bits per heavy atom. The normalized spacial score (nSPS) is 10.0. The van der Waals surface area contributed by atoms with E-state index < -0.39 is 0 Å². The summed E-state index contributed by atoms with van der Waals surface area (Å²) in [6, 6.07) is 2.12. The highest BCUT2D eigenvalue weighted by molar-refractivity contribution is 7.15. The molecule has 0 amide bonds. The molecule has 1 aromatic heterocycles. The molecule has 0 aliphatic rings. The first kappa shape index (κ1) is 12.0. The number of nitrogens with zero attached hydrogens (tertiary/aromatic N) is 3. The molecule has 15 heavy (non-hydrogen) atoms. The predicted molar refractivity (Wildman–Crippen MR) is 60.9 cm³/mol. The number of aromatic nitrogens is 1. The molecule has 0 atom stereocenters. The molecular formula is C10H15N3OS. The van der Waals surface area contributed by atoms with Crippen LogP contribution in [0.2, 0.25) is 0 Å². The third-order valence-electron chi connectivity index (χ3n) is 2.18. The van der Waals surface area contributed by atoms with Crippen LogP contribution in [0.15, 0.2) is 0 Å². The maximum absolute atomic E-state index is 9.04. The molecule has 0 aliphatic heterocycles. The van der Waals surface area contributed by atoms with Crippen LogP contribution in [0.1, 0.15) is 23.9 Å². The summed E-state index contributed by atoms with van der Waals surface area (Å²) in [6.07, 6.45) is 0.501. The van der Waals surface area contributed by atoms with Crippen molar-refractivity contribution in [2.45, 2.75) is 26.9 Å². The van der Waals surface area contributed by atoms with Crippen molar-refractivity contribution in [3.63, 3.8) is 0 Å². The number of rotatable bonds is 5. The molecule has 0 bridgehead atoms. The summed E-state index contributed by atoms with van der Waals surface area (Å²) in [4.78, 5) is 7.44. The van der Waals surface area contributed by atoms with Crippen molar-refractivity contribution >= 4 is 16.5 Å². The largest absolute Gasteiger partial charge is 0.390 e. The quantitative estimate of drug-likeness (QED) is 0.828. The molecule has 82 valence electrons. The van der Waals surface area contributed by atoms with Gasteiger partial charge < -0.3 is 10.0 Å². The molecule has 0 saturated heterocycles. The first-order chi connectivity index (χ1) is 7.22. The summed E-state index contributed by atoms with van der Waals surface area (Å²) in [5, 5.41) is 18.5. The van der Waals surface area contributed by atoms with Gasteiger partial charge in [0.05, 0.1) is 24.8 Å². The van der Waals surface area contributed by atoms with E-state index in [0.717, 1.165) is 22.2 Å². The minimum atomic E-state index is -0.0157. The zero-order chi connectivity index (χ0) is 11.3. The van der Waals surface area contributed by atoms with E-state index in [2.05, 4.69) is 16.0 Å². The molecule has 1 rings (SSSR count). The van der Waals surface area contributed by atoms with Gasteiger partial charge in [-0.15, -0.1) is 11.3 Å². The molecule has 0 spiro atoms. The summed E-state index contributed by atoms with van der Waals surface area (Å²) in [5.74, 6) is 0. The van der Waals surface area contributed by atoms with Crippen LogP contribution in [0, 0.1) is 18.3 Å². The molecule has 0 aliphatic carbocycles. The molecule has 1 N–H and O–H groups in total. The number of nitriles is 1. The van der Waals surface area contributed by atoms with Crippen LogP contribution in [0.25, 0.3) is 0 Å². The van der Waals surface area contributed by atoms with E-state index >= 15 is 0 Å². The Bertz CT molecular complexity index is 356. The molecule has 0 fully saturated rings. The monoisotopic (exact) mass is 225 g/mol. The van der Waals surface area contributed by atoms with Crippen molar-refractivity contribution in [1.29, 1.82) is 5.26 Å². The minimum absolute atomic E-state index is 0.0157. The average molecular weight is 225 g/mol. The maximum atomic E-state index is 9.04. The Balaban J connectivity index is 2.78. The highest BCUT2D eigenvalue weighted by atomic mass is 32.1. The van der Waals surface area contributed by atoms with E-state index in [0.29, 0.717) is 13.0 Å². The number of aliphatic hydroxyl groups excluding tert-OH is 1. The van der Waals surface area contributed by atoms with E-state index in [1.807, 2.05) is 13.8 Å². The second kappa shape index (κ2) is 5.69. The van der Waals surface area contributed by atoms with Gasteiger partial charge in [0, 0.05) is 18.0 Å². The molecule has 1 heterocycles. The Morgan fingerprint density at radius 3 is 2.80 bits per heavy atom. The highest BCUT2D eigenvalue weighted by Crippen LogP contribution is 2.25. The zero-order valence-corrected chi connectivity index (χ0v) is 9.84. The molecule has 0 unspecified atom stereocenters. The summed E-state index contributed by atoms with van der Waals surface area (Å²) in [6.45, 7) is 5.50. The lowest BCUT2D eigenvalue weighted by molar-refractivity contribution is 0.277. The number of aliphatic hydroxyl groups is 1. The van der Waals surface area contributed by atoms with Gasteiger partial charge in [-0.25, -0.2) is 4.98 Å². The van der Waals surface area contributed by atoms with Gasteiger partial charge in [0.1, 0.15) is 0 Å². The summed E-state index contributed by atoms with van der Waals surface area (Å²) in [7, 11) is 0. The Kier molecular flexibility index (Phi) is 4.53. The molecule has 0 radical (unpaired) electrons. The molecule has 4 nitrogen and oxygen atoms in total. The Hall–Kier alpha value is -1.12. The van der Waals surface area contributed by atoms with Crippen LogP contribution in [-0.2, 0) is 6.61 Å². The zero-order valence-electron chi connectivity index (χ0n) is 9.03. The summed E-state index contributed by atoms with van der Waals surface area (Å²) < 4.78 is 0. The van der Waals surface area contributed by atoms with E-state index in [-0.39, 0.29) is 6.61 Å². The lowest BCUT2D eigenvalue weighted by Gasteiger charge is -2.17. The number of anilines is 1. The molecule has 0 saturated carbocycles. The second-order valence-corrected chi connectivity index (χ2v) is 4.33. The molecular weight excluding hydrogens is 210 g/mol. The fourth-order valence-electron chi connectivity index (χ4n) is 1.27. The van der Waals surface area contributed by atoms with E-state index in [1.54, 1.807) is 11.3 Å². The van der Waals surface area contributed by atoms with Crippen LogP contribution in [0.4, 0.5) is 5.13 Å². The first-order valence-corrected chi connectivity index (χ1v) is 5.73. The summed E-state index contributed by atoms with van der Waals surface area (Å²) >= 11 is 1.57. The lowest BCUT2D eigenvalue weighted by atomic mass is 10.4. The Morgan fingerprint density at radius 1 is 1.60 bits per heavy atom. The minimum Gasteiger partial charge on any atom is -0.390 e. The van der Waals surface area contributed by atoms with Gasteiger partial charge in [-0.1, -0.05) is 0 Å². The Labute approximate surface area is 93.8 Å². The van der Waals surface area contributed by atoms with Gasteiger partial charge >= 0.3 is 0 Å².